The average molecular weight is 122 g/mol. The van der Waals surface area contributed by atoms with E-state index in [4.69, 9.17) is 0 Å². The molecule has 0 aliphatic rings. The van der Waals surface area contributed by atoms with Crippen molar-refractivity contribution in [3.8, 4) is 0 Å². The van der Waals surface area contributed by atoms with Gasteiger partial charge in [0.05, 0.1) is 0 Å². The molecule has 0 fully saturated rings. The molecule has 0 bridgehead atoms. The van der Waals surface area contributed by atoms with Crippen LogP contribution in [0.25, 0.3) is 0 Å². The fraction of sp³-hybridized carbons (Fsp3) is 0.286. The number of hydrogen-bond acceptors (Lipinski definition) is 0. The Hall–Kier alpha value is -0.433. The second-order valence-corrected chi connectivity index (χ2v) is 3.73. The molecule has 1 heterocycles. The van der Waals surface area contributed by atoms with Crippen LogP contribution in [0, 0.1) is 13.8 Å². The van der Waals surface area contributed by atoms with Crippen molar-refractivity contribution in [2.24, 2.45) is 0 Å². The van der Waals surface area contributed by atoms with Gasteiger partial charge in [-0.15, -0.1) is 0 Å². The monoisotopic (exact) mass is 122 g/mol. The molecular formula is C7H10Si. The van der Waals surface area contributed by atoms with Crippen LogP contribution in [0.4, 0.5) is 0 Å². The van der Waals surface area contributed by atoms with Gasteiger partial charge >= 0.3 is 0 Å². The molecule has 42 valence electrons. The molecule has 0 N–H and O–H groups in total. The molecule has 1 aromatic heterocycles. The molecular weight excluding hydrogens is 112 g/mol. The summed E-state index contributed by atoms with van der Waals surface area (Å²) < 4.78 is 0. The maximum absolute atomic E-state index is 2.33. The minimum atomic E-state index is 0.488. The highest BCUT2D eigenvalue weighted by Gasteiger charge is 1.80. The third-order valence-corrected chi connectivity index (χ3v) is 2.63. The summed E-state index contributed by atoms with van der Waals surface area (Å²) in [6, 6.07) is 4.39. The van der Waals surface area contributed by atoms with Crippen LogP contribution in [0.3, 0.4) is 0 Å². The molecule has 0 atom stereocenters. The van der Waals surface area contributed by atoms with Gasteiger partial charge < -0.3 is 0 Å². The van der Waals surface area contributed by atoms with Crippen LogP contribution in [-0.4, -0.2) is 9.12 Å². The predicted octanol–water partition coefficient (Wildman–Crippen LogP) is 1.37. The van der Waals surface area contributed by atoms with E-state index in [-0.39, 0.29) is 0 Å². The van der Waals surface area contributed by atoms with Crippen molar-refractivity contribution in [2.45, 2.75) is 13.8 Å². The van der Waals surface area contributed by atoms with E-state index in [2.05, 4.69) is 31.7 Å². The van der Waals surface area contributed by atoms with Crippen LogP contribution < -0.4 is 0 Å². The highest BCUT2D eigenvalue weighted by atomic mass is 28.2. The van der Waals surface area contributed by atoms with Crippen molar-refractivity contribution >= 4 is 9.12 Å². The maximum Gasteiger partial charge on any atom is 0.0239 e. The van der Waals surface area contributed by atoms with E-state index < -0.39 is 0 Å². The van der Waals surface area contributed by atoms with Crippen molar-refractivity contribution in [1.29, 1.82) is 0 Å². The van der Waals surface area contributed by atoms with Crippen molar-refractivity contribution < 1.29 is 0 Å². The number of aryl methyl sites for hydroxylation is 2. The zero-order valence-electron chi connectivity index (χ0n) is 5.31. The fourth-order valence-corrected chi connectivity index (χ4v) is 1.48. The molecule has 8 heavy (non-hydrogen) atoms. The largest absolute Gasteiger partial charge is 0.0773 e. The summed E-state index contributed by atoms with van der Waals surface area (Å²) in [6.45, 7) is 4.34. The summed E-state index contributed by atoms with van der Waals surface area (Å²) in [5, 5.41) is 1.54. The first kappa shape index (κ1) is 5.70. The number of hydrogen-bond donors (Lipinski definition) is 0. The molecule has 0 nitrogen and oxygen atoms in total. The SMILES string of the molecule is Cc1ccc(C)[siH]c1. The highest BCUT2D eigenvalue weighted by Crippen LogP contribution is 1.94. The molecule has 1 aromatic rings. The lowest BCUT2D eigenvalue weighted by Gasteiger charge is -1.89. The first-order valence-corrected chi connectivity index (χ1v) is 4.07. The maximum atomic E-state index is 2.33. The quantitative estimate of drug-likeness (QED) is 0.456. The van der Waals surface area contributed by atoms with Crippen molar-refractivity contribution in [3.63, 3.8) is 0 Å². The van der Waals surface area contributed by atoms with Crippen LogP contribution in [-0.2, 0) is 0 Å². The van der Waals surface area contributed by atoms with E-state index in [9.17, 15) is 0 Å². The minimum Gasteiger partial charge on any atom is -0.0773 e. The van der Waals surface area contributed by atoms with Gasteiger partial charge in [0.1, 0.15) is 0 Å². The second-order valence-electron chi connectivity index (χ2n) is 2.15. The third-order valence-electron chi connectivity index (χ3n) is 1.22. The fourth-order valence-electron chi connectivity index (χ4n) is 0.637. The van der Waals surface area contributed by atoms with E-state index in [1.165, 1.54) is 10.7 Å². The van der Waals surface area contributed by atoms with Gasteiger partial charge in [0.25, 0.3) is 0 Å². The smallest absolute Gasteiger partial charge is 0.0239 e. The lowest BCUT2D eigenvalue weighted by Crippen LogP contribution is -1.79. The molecule has 0 amide bonds. The van der Waals surface area contributed by atoms with Gasteiger partial charge in [0.15, 0.2) is 0 Å². The highest BCUT2D eigenvalue weighted by molar-refractivity contribution is 6.30. The van der Waals surface area contributed by atoms with Crippen molar-refractivity contribution in [1.82, 2.24) is 0 Å². The molecule has 0 unspecified atom stereocenters. The first-order chi connectivity index (χ1) is 3.79. The predicted molar refractivity (Wildman–Crippen MR) is 38.7 cm³/mol. The van der Waals surface area contributed by atoms with Gasteiger partial charge in [0.2, 0.25) is 0 Å². The van der Waals surface area contributed by atoms with Gasteiger partial charge in [-0.3, -0.25) is 0 Å². The van der Waals surface area contributed by atoms with Gasteiger partial charge in [-0.25, -0.2) is 0 Å². The van der Waals surface area contributed by atoms with E-state index in [1.807, 2.05) is 0 Å². The van der Waals surface area contributed by atoms with Crippen LogP contribution in [0.5, 0.6) is 0 Å². The van der Waals surface area contributed by atoms with E-state index in [1.54, 1.807) is 0 Å². The number of rotatable bonds is 0. The Kier molecular flexibility index (Phi) is 1.58. The Bertz CT molecular complexity index is 143. The molecule has 0 radical (unpaired) electrons. The van der Waals surface area contributed by atoms with Crippen molar-refractivity contribution in [2.75, 3.05) is 0 Å². The Morgan fingerprint density at radius 3 is 2.38 bits per heavy atom. The summed E-state index contributed by atoms with van der Waals surface area (Å²) in [5.74, 6) is 0. The van der Waals surface area contributed by atoms with Crippen molar-refractivity contribution in [3.05, 3.63) is 28.5 Å². The van der Waals surface area contributed by atoms with Gasteiger partial charge in [-0.2, -0.15) is 0 Å². The molecule has 0 saturated heterocycles. The van der Waals surface area contributed by atoms with Crippen LogP contribution in [0.2, 0.25) is 0 Å². The first-order valence-electron chi connectivity index (χ1n) is 2.82. The Labute approximate surface area is 52.3 Å². The zero-order valence-corrected chi connectivity index (χ0v) is 6.46. The Morgan fingerprint density at radius 1 is 1.25 bits per heavy atom. The summed E-state index contributed by atoms with van der Waals surface area (Å²) >= 11 is 0. The average Bonchev–Trinajstić information content (AvgIpc) is 1.77. The summed E-state index contributed by atoms with van der Waals surface area (Å²) in [4.78, 5) is 0. The normalized spacial score (nSPS) is 9.25. The molecule has 0 aliphatic carbocycles. The Morgan fingerprint density at radius 2 is 2.00 bits per heavy atom. The third kappa shape index (κ3) is 1.27. The van der Waals surface area contributed by atoms with Crippen LogP contribution >= 0.6 is 0 Å². The lowest BCUT2D eigenvalue weighted by atomic mass is 10.3. The summed E-state index contributed by atoms with van der Waals surface area (Å²) in [5.41, 5.74) is 3.75. The summed E-state index contributed by atoms with van der Waals surface area (Å²) in [7, 11) is 0.488. The van der Waals surface area contributed by atoms with Gasteiger partial charge in [0, 0.05) is 9.12 Å². The van der Waals surface area contributed by atoms with E-state index in [0.29, 0.717) is 9.12 Å². The molecule has 0 saturated carbocycles. The molecule has 0 aromatic carbocycles. The molecule has 1 heteroatoms. The second kappa shape index (κ2) is 2.22. The zero-order chi connectivity index (χ0) is 5.98. The molecule has 1 rings (SSSR count). The van der Waals surface area contributed by atoms with E-state index >= 15 is 0 Å². The molecule has 0 spiro atoms. The van der Waals surface area contributed by atoms with Crippen LogP contribution in [0.1, 0.15) is 10.7 Å². The van der Waals surface area contributed by atoms with Crippen LogP contribution in [0.15, 0.2) is 17.8 Å². The molecule has 0 aliphatic heterocycles. The minimum absolute atomic E-state index is 0.488. The summed E-state index contributed by atoms with van der Waals surface area (Å²) in [6.07, 6.45) is 0. The topological polar surface area (TPSA) is 0 Å². The van der Waals surface area contributed by atoms with E-state index in [0.717, 1.165) is 0 Å². The standard InChI is InChI=1S/C7H10Si/c1-6-3-4-7(2)8-5-6/h3-5,8H,1-2H3. The van der Waals surface area contributed by atoms with Gasteiger partial charge in [-0.1, -0.05) is 28.5 Å². The Balaban J connectivity index is 3.03. The van der Waals surface area contributed by atoms with Gasteiger partial charge in [-0.05, 0) is 13.8 Å². The lowest BCUT2D eigenvalue weighted by molar-refractivity contribution is 1.48.